The van der Waals surface area contributed by atoms with E-state index >= 15 is 0 Å². The van der Waals surface area contributed by atoms with Gasteiger partial charge in [-0.2, -0.15) is 0 Å². The summed E-state index contributed by atoms with van der Waals surface area (Å²) in [5.74, 6) is -0.831. The van der Waals surface area contributed by atoms with Crippen molar-refractivity contribution in [2.24, 2.45) is 0 Å². The summed E-state index contributed by atoms with van der Waals surface area (Å²) in [7, 11) is 0. The van der Waals surface area contributed by atoms with E-state index in [2.05, 4.69) is 0 Å². The number of aliphatic hydroxyl groups is 3. The first-order valence-corrected chi connectivity index (χ1v) is 9.21. The molecule has 5 nitrogen and oxygen atoms in total. The summed E-state index contributed by atoms with van der Waals surface area (Å²) >= 11 is 0. The van der Waals surface area contributed by atoms with E-state index in [1.807, 2.05) is 19.1 Å². The van der Waals surface area contributed by atoms with Gasteiger partial charge in [0.2, 0.25) is 0 Å². The van der Waals surface area contributed by atoms with Crippen LogP contribution < -0.4 is 0 Å². The Bertz CT molecular complexity index is 555. The van der Waals surface area contributed by atoms with Crippen molar-refractivity contribution >= 4 is 5.97 Å². The smallest absolute Gasteiger partial charge is 0.303 e. The van der Waals surface area contributed by atoms with Crippen molar-refractivity contribution in [3.8, 4) is 0 Å². The number of allylic oxidation sites excluding steroid dienone is 8. The number of carboxylic acids is 1. The van der Waals surface area contributed by atoms with Crippen LogP contribution in [0, 0.1) is 0 Å². The molecule has 0 saturated heterocycles. The van der Waals surface area contributed by atoms with Gasteiger partial charge in [-0.25, -0.2) is 0 Å². The second kappa shape index (κ2) is 17.2. The van der Waals surface area contributed by atoms with Gasteiger partial charge < -0.3 is 20.4 Å². The predicted molar refractivity (Wildman–Crippen MR) is 109 cm³/mol. The van der Waals surface area contributed by atoms with E-state index < -0.39 is 24.3 Å². The van der Waals surface area contributed by atoms with Gasteiger partial charge in [-0.1, -0.05) is 79.8 Å². The molecule has 0 aliphatic carbocycles. The fourth-order valence-corrected chi connectivity index (χ4v) is 1.94. The molecule has 0 aliphatic heterocycles. The predicted octanol–water partition coefficient (Wildman–Crippen LogP) is 3.46. The Morgan fingerprint density at radius 1 is 0.815 bits per heavy atom. The van der Waals surface area contributed by atoms with Gasteiger partial charge >= 0.3 is 5.97 Å². The summed E-state index contributed by atoms with van der Waals surface area (Å²) in [5, 5.41) is 37.7. The maximum atomic E-state index is 10.3. The normalized spacial score (nSPS) is 16.6. The largest absolute Gasteiger partial charge is 0.481 e. The van der Waals surface area contributed by atoms with Gasteiger partial charge in [0.25, 0.3) is 0 Å². The molecule has 0 radical (unpaired) electrons. The van der Waals surface area contributed by atoms with E-state index in [0.717, 1.165) is 6.42 Å². The molecule has 0 aromatic rings. The average molecular weight is 376 g/mol. The summed E-state index contributed by atoms with van der Waals surface area (Å²) < 4.78 is 0. The fourth-order valence-electron chi connectivity index (χ4n) is 1.94. The number of carbonyl (C=O) groups is 1. The lowest BCUT2D eigenvalue weighted by molar-refractivity contribution is -0.136. The van der Waals surface area contributed by atoms with Crippen molar-refractivity contribution in [3.63, 3.8) is 0 Å². The average Bonchev–Trinajstić information content (AvgIpc) is 2.63. The van der Waals surface area contributed by atoms with E-state index in [1.54, 1.807) is 54.7 Å². The number of hydrogen-bond donors (Lipinski definition) is 4. The lowest BCUT2D eigenvalue weighted by Crippen LogP contribution is -2.22. The highest BCUT2D eigenvalue weighted by Crippen LogP contribution is 2.03. The number of rotatable bonds is 14. The molecule has 0 rings (SSSR count). The van der Waals surface area contributed by atoms with E-state index in [0.29, 0.717) is 19.3 Å². The molecule has 150 valence electrons. The Morgan fingerprint density at radius 3 is 2.04 bits per heavy atom. The van der Waals surface area contributed by atoms with Crippen LogP contribution in [0.1, 0.15) is 39.0 Å². The lowest BCUT2D eigenvalue weighted by Gasteiger charge is -2.11. The Balaban J connectivity index is 4.03. The minimum Gasteiger partial charge on any atom is -0.481 e. The third-order valence-electron chi connectivity index (χ3n) is 3.44. The van der Waals surface area contributed by atoms with Gasteiger partial charge in [0.05, 0.1) is 18.3 Å². The van der Waals surface area contributed by atoms with Crippen LogP contribution in [0.4, 0.5) is 0 Å². The number of aliphatic carboxylic acids is 1. The zero-order chi connectivity index (χ0) is 20.3. The first-order valence-electron chi connectivity index (χ1n) is 9.21. The second-order valence-electron chi connectivity index (χ2n) is 5.92. The van der Waals surface area contributed by atoms with Gasteiger partial charge in [0, 0.05) is 6.42 Å². The molecular formula is C22H32O5. The monoisotopic (exact) mass is 376 g/mol. The zero-order valence-electron chi connectivity index (χ0n) is 15.9. The van der Waals surface area contributed by atoms with Crippen LogP contribution in [-0.4, -0.2) is 44.7 Å². The molecule has 1 unspecified atom stereocenters. The fraction of sp³-hybridized carbons (Fsp3) is 0.409. The summed E-state index contributed by atoms with van der Waals surface area (Å²) in [6.45, 7) is 2.01. The number of hydrogen-bond acceptors (Lipinski definition) is 4. The van der Waals surface area contributed by atoms with Gasteiger partial charge in [0.15, 0.2) is 0 Å². The number of aliphatic hydroxyl groups excluding tert-OH is 3. The van der Waals surface area contributed by atoms with E-state index in [-0.39, 0.29) is 6.42 Å². The molecule has 0 saturated carbocycles. The van der Waals surface area contributed by atoms with Crippen LogP contribution in [0.3, 0.4) is 0 Å². The van der Waals surface area contributed by atoms with Crippen LogP contribution in [0.15, 0.2) is 72.9 Å². The maximum Gasteiger partial charge on any atom is 0.303 e. The SMILES string of the molecule is CC/C=C/C[C@H](O)C(O)/C=C/C=C/C=C/C=C/[C@@H](O)C/C=C/CCC(=O)O. The first-order chi connectivity index (χ1) is 13.0. The van der Waals surface area contributed by atoms with Crippen LogP contribution in [0.25, 0.3) is 0 Å². The summed E-state index contributed by atoms with van der Waals surface area (Å²) in [4.78, 5) is 10.3. The highest BCUT2D eigenvalue weighted by atomic mass is 16.4. The molecule has 4 N–H and O–H groups in total. The molecule has 0 aromatic heterocycles. The molecule has 0 amide bonds. The topological polar surface area (TPSA) is 98.0 Å². The van der Waals surface area contributed by atoms with Crippen LogP contribution >= 0.6 is 0 Å². The van der Waals surface area contributed by atoms with Gasteiger partial charge in [-0.05, 0) is 25.7 Å². The van der Waals surface area contributed by atoms with Crippen LogP contribution in [-0.2, 0) is 4.79 Å². The van der Waals surface area contributed by atoms with E-state index in [9.17, 15) is 20.1 Å². The summed E-state index contributed by atoms with van der Waals surface area (Å²) in [6, 6.07) is 0. The Labute approximate surface area is 162 Å². The van der Waals surface area contributed by atoms with E-state index in [1.165, 1.54) is 6.08 Å². The third-order valence-corrected chi connectivity index (χ3v) is 3.44. The second-order valence-corrected chi connectivity index (χ2v) is 5.92. The maximum absolute atomic E-state index is 10.3. The molecule has 0 aliphatic rings. The first kappa shape index (κ1) is 24.8. The van der Waals surface area contributed by atoms with Crippen molar-refractivity contribution in [2.45, 2.75) is 57.3 Å². The minimum absolute atomic E-state index is 0.0951. The molecule has 3 atom stereocenters. The molecule has 0 aromatic carbocycles. The standard InChI is InChI=1S/C22H32O5/c1-2-3-9-16-20(24)21(25)17-12-7-5-4-6-10-14-19(23)15-11-8-13-18-22(26)27/h3-12,14,17,19-21,23-25H,2,13,15-16,18H2,1H3,(H,26,27)/b6-4+,7-5+,9-3+,11-8+,14-10+,17-12+/t19-,20+,21?/m1/s1. The molecular weight excluding hydrogens is 344 g/mol. The molecule has 0 spiro atoms. The summed E-state index contributed by atoms with van der Waals surface area (Å²) in [6.07, 6.45) is 21.0. The van der Waals surface area contributed by atoms with Crippen LogP contribution in [0.2, 0.25) is 0 Å². The van der Waals surface area contributed by atoms with Crippen molar-refractivity contribution in [1.29, 1.82) is 0 Å². The van der Waals surface area contributed by atoms with Gasteiger partial charge in [-0.3, -0.25) is 4.79 Å². The number of carboxylic acid groups (broad SMARTS) is 1. The highest BCUT2D eigenvalue weighted by Gasteiger charge is 2.10. The van der Waals surface area contributed by atoms with Gasteiger partial charge in [-0.15, -0.1) is 0 Å². The Kier molecular flexibility index (Phi) is 15.8. The molecule has 27 heavy (non-hydrogen) atoms. The zero-order valence-corrected chi connectivity index (χ0v) is 15.9. The molecule has 5 heteroatoms. The highest BCUT2D eigenvalue weighted by molar-refractivity contribution is 5.66. The van der Waals surface area contributed by atoms with Crippen molar-refractivity contribution < 1.29 is 25.2 Å². The van der Waals surface area contributed by atoms with E-state index in [4.69, 9.17) is 5.11 Å². The Morgan fingerprint density at radius 2 is 1.41 bits per heavy atom. The third kappa shape index (κ3) is 17.0. The van der Waals surface area contributed by atoms with Crippen LogP contribution in [0.5, 0.6) is 0 Å². The Hall–Kier alpha value is -2.21. The molecule has 0 bridgehead atoms. The summed E-state index contributed by atoms with van der Waals surface area (Å²) in [5.41, 5.74) is 0. The quantitative estimate of drug-likeness (QED) is 0.275. The minimum atomic E-state index is -0.904. The van der Waals surface area contributed by atoms with Crippen molar-refractivity contribution in [3.05, 3.63) is 72.9 Å². The molecule has 0 heterocycles. The lowest BCUT2D eigenvalue weighted by atomic mass is 10.1. The molecule has 0 fully saturated rings. The van der Waals surface area contributed by atoms with Gasteiger partial charge in [0.1, 0.15) is 0 Å². The van der Waals surface area contributed by atoms with Crippen molar-refractivity contribution in [1.82, 2.24) is 0 Å². The van der Waals surface area contributed by atoms with Crippen molar-refractivity contribution in [2.75, 3.05) is 0 Å².